The van der Waals surface area contributed by atoms with E-state index in [1.54, 1.807) is 0 Å². The molecular formula is C13H19N3O2. The first-order chi connectivity index (χ1) is 8.84. The molecule has 5 heteroatoms. The van der Waals surface area contributed by atoms with Crippen molar-refractivity contribution >= 4 is 5.91 Å². The predicted molar refractivity (Wildman–Crippen MR) is 68.7 cm³/mol. The average Bonchev–Trinajstić information content (AvgIpc) is 2.45. The van der Waals surface area contributed by atoms with Gasteiger partial charge in [-0.1, -0.05) is 30.3 Å². The Morgan fingerprint density at radius 3 is 2.67 bits per heavy atom. The molecule has 2 N–H and O–H groups in total. The third-order valence-corrected chi connectivity index (χ3v) is 2.81. The maximum absolute atomic E-state index is 11.6. The fourth-order valence-corrected chi connectivity index (χ4v) is 1.76. The lowest BCUT2D eigenvalue weighted by Gasteiger charge is -2.26. The van der Waals surface area contributed by atoms with Crippen LogP contribution in [0.25, 0.3) is 0 Å². The molecule has 0 radical (unpaired) electrons. The van der Waals surface area contributed by atoms with E-state index in [1.165, 1.54) is 0 Å². The van der Waals surface area contributed by atoms with Gasteiger partial charge in [-0.2, -0.15) is 0 Å². The van der Waals surface area contributed by atoms with E-state index in [0.29, 0.717) is 13.1 Å². The number of nitrogens with zero attached hydrogens (tertiary/aromatic N) is 1. The van der Waals surface area contributed by atoms with Gasteiger partial charge in [0, 0.05) is 19.6 Å². The molecule has 1 amide bonds. The lowest BCUT2D eigenvalue weighted by molar-refractivity contribution is -0.121. The largest absolute Gasteiger partial charge is 0.379 e. The van der Waals surface area contributed by atoms with Crippen molar-refractivity contribution in [2.45, 2.75) is 6.54 Å². The first-order valence-corrected chi connectivity index (χ1v) is 6.21. The van der Waals surface area contributed by atoms with Crippen LogP contribution in [0.3, 0.4) is 0 Å². The molecular weight excluding hydrogens is 230 g/mol. The molecule has 0 aliphatic carbocycles. The second kappa shape index (κ2) is 7.10. The highest BCUT2D eigenvalue weighted by molar-refractivity contribution is 5.77. The number of carbonyl (C=O) groups is 1. The van der Waals surface area contributed by atoms with Crippen molar-refractivity contribution in [1.29, 1.82) is 0 Å². The van der Waals surface area contributed by atoms with E-state index in [1.807, 2.05) is 35.3 Å². The Labute approximate surface area is 107 Å². The lowest BCUT2D eigenvalue weighted by Crippen LogP contribution is -2.49. The number of rotatable bonds is 5. The fraction of sp³-hybridized carbons (Fsp3) is 0.462. The van der Waals surface area contributed by atoms with Crippen molar-refractivity contribution in [1.82, 2.24) is 15.8 Å². The Hall–Kier alpha value is -1.43. The van der Waals surface area contributed by atoms with E-state index in [9.17, 15) is 4.79 Å². The SMILES string of the molecule is O=C(CNN1CCOCC1)NCc1ccccc1. The second-order valence-electron chi connectivity index (χ2n) is 4.20. The summed E-state index contributed by atoms with van der Waals surface area (Å²) in [4.78, 5) is 11.6. The molecule has 0 aromatic heterocycles. The summed E-state index contributed by atoms with van der Waals surface area (Å²) in [7, 11) is 0. The molecule has 1 aromatic rings. The van der Waals surface area contributed by atoms with Crippen LogP contribution < -0.4 is 10.7 Å². The Morgan fingerprint density at radius 1 is 1.22 bits per heavy atom. The smallest absolute Gasteiger partial charge is 0.235 e. The van der Waals surface area contributed by atoms with Crippen molar-refractivity contribution in [3.05, 3.63) is 35.9 Å². The summed E-state index contributed by atoms with van der Waals surface area (Å²) in [5, 5.41) is 4.90. The number of hydrazine groups is 1. The van der Waals surface area contributed by atoms with E-state index in [0.717, 1.165) is 31.9 Å². The van der Waals surface area contributed by atoms with Crippen molar-refractivity contribution in [2.75, 3.05) is 32.8 Å². The topological polar surface area (TPSA) is 53.6 Å². The number of carbonyl (C=O) groups excluding carboxylic acids is 1. The van der Waals surface area contributed by atoms with Crippen LogP contribution in [0.2, 0.25) is 0 Å². The number of morpholine rings is 1. The molecule has 1 aromatic carbocycles. The van der Waals surface area contributed by atoms with Gasteiger partial charge in [0.05, 0.1) is 19.8 Å². The summed E-state index contributed by atoms with van der Waals surface area (Å²) in [6.07, 6.45) is 0. The quantitative estimate of drug-likeness (QED) is 0.779. The van der Waals surface area contributed by atoms with Gasteiger partial charge in [0.15, 0.2) is 0 Å². The highest BCUT2D eigenvalue weighted by Crippen LogP contribution is 1.97. The molecule has 0 atom stereocenters. The van der Waals surface area contributed by atoms with Crippen molar-refractivity contribution in [2.24, 2.45) is 0 Å². The van der Waals surface area contributed by atoms with Gasteiger partial charge in [-0.25, -0.2) is 10.4 Å². The van der Waals surface area contributed by atoms with Gasteiger partial charge in [-0.15, -0.1) is 0 Å². The van der Waals surface area contributed by atoms with Gasteiger partial charge in [0.1, 0.15) is 0 Å². The van der Waals surface area contributed by atoms with Crippen LogP contribution in [-0.4, -0.2) is 43.8 Å². The second-order valence-corrected chi connectivity index (χ2v) is 4.20. The summed E-state index contributed by atoms with van der Waals surface area (Å²) < 4.78 is 5.23. The third kappa shape index (κ3) is 4.44. The molecule has 0 spiro atoms. The van der Waals surface area contributed by atoms with Crippen LogP contribution in [-0.2, 0) is 16.1 Å². The minimum atomic E-state index is 0.00495. The maximum Gasteiger partial charge on any atom is 0.235 e. The fourth-order valence-electron chi connectivity index (χ4n) is 1.76. The predicted octanol–water partition coefficient (Wildman–Crippen LogP) is 0.140. The van der Waals surface area contributed by atoms with Crippen LogP contribution in [0.5, 0.6) is 0 Å². The zero-order chi connectivity index (χ0) is 12.6. The van der Waals surface area contributed by atoms with Crippen molar-refractivity contribution in [3.8, 4) is 0 Å². The first kappa shape index (κ1) is 13.0. The van der Waals surface area contributed by atoms with E-state index >= 15 is 0 Å². The molecule has 1 heterocycles. The molecule has 1 aliphatic rings. The molecule has 1 fully saturated rings. The molecule has 0 bridgehead atoms. The van der Waals surface area contributed by atoms with E-state index in [4.69, 9.17) is 4.74 Å². The van der Waals surface area contributed by atoms with Crippen molar-refractivity contribution in [3.63, 3.8) is 0 Å². The van der Waals surface area contributed by atoms with E-state index in [2.05, 4.69) is 10.7 Å². The van der Waals surface area contributed by atoms with Gasteiger partial charge in [-0.05, 0) is 5.56 Å². The van der Waals surface area contributed by atoms with Crippen LogP contribution in [0.1, 0.15) is 5.56 Å². The monoisotopic (exact) mass is 249 g/mol. The summed E-state index contributed by atoms with van der Waals surface area (Å²) in [5.74, 6) is 0.00495. The van der Waals surface area contributed by atoms with Crippen LogP contribution in [0.15, 0.2) is 30.3 Å². The third-order valence-electron chi connectivity index (χ3n) is 2.81. The van der Waals surface area contributed by atoms with E-state index in [-0.39, 0.29) is 5.91 Å². The van der Waals surface area contributed by atoms with Gasteiger partial charge in [0.2, 0.25) is 5.91 Å². The van der Waals surface area contributed by atoms with E-state index < -0.39 is 0 Å². The van der Waals surface area contributed by atoms with Crippen LogP contribution >= 0.6 is 0 Å². The zero-order valence-electron chi connectivity index (χ0n) is 10.4. The highest BCUT2D eigenvalue weighted by atomic mass is 16.5. The molecule has 98 valence electrons. The average molecular weight is 249 g/mol. The Kier molecular flexibility index (Phi) is 5.14. The van der Waals surface area contributed by atoms with Crippen LogP contribution in [0.4, 0.5) is 0 Å². The van der Waals surface area contributed by atoms with Gasteiger partial charge < -0.3 is 10.1 Å². The zero-order valence-corrected chi connectivity index (χ0v) is 10.4. The Morgan fingerprint density at radius 2 is 1.94 bits per heavy atom. The maximum atomic E-state index is 11.6. The normalized spacial score (nSPS) is 16.4. The van der Waals surface area contributed by atoms with Gasteiger partial charge in [0.25, 0.3) is 0 Å². The number of hydrogen-bond donors (Lipinski definition) is 2. The molecule has 0 unspecified atom stereocenters. The standard InChI is InChI=1S/C13H19N3O2/c17-13(11-15-16-6-8-18-9-7-16)14-10-12-4-2-1-3-5-12/h1-5,15H,6-11H2,(H,14,17). The molecule has 1 saturated heterocycles. The summed E-state index contributed by atoms with van der Waals surface area (Å²) in [6.45, 7) is 3.98. The lowest BCUT2D eigenvalue weighted by atomic mass is 10.2. The number of benzene rings is 1. The molecule has 18 heavy (non-hydrogen) atoms. The summed E-state index contributed by atoms with van der Waals surface area (Å²) >= 11 is 0. The number of ether oxygens (including phenoxy) is 1. The summed E-state index contributed by atoms with van der Waals surface area (Å²) in [6, 6.07) is 9.89. The van der Waals surface area contributed by atoms with Gasteiger partial charge >= 0.3 is 0 Å². The molecule has 0 saturated carbocycles. The molecule has 2 rings (SSSR count). The summed E-state index contributed by atoms with van der Waals surface area (Å²) in [5.41, 5.74) is 4.21. The Bertz CT molecular complexity index is 364. The number of hydrogen-bond acceptors (Lipinski definition) is 4. The van der Waals surface area contributed by atoms with Gasteiger partial charge in [-0.3, -0.25) is 4.79 Å². The molecule has 5 nitrogen and oxygen atoms in total. The van der Waals surface area contributed by atoms with Crippen LogP contribution in [0, 0.1) is 0 Å². The Balaban J connectivity index is 1.63. The van der Waals surface area contributed by atoms with Crippen molar-refractivity contribution < 1.29 is 9.53 Å². The minimum absolute atomic E-state index is 0.00495. The highest BCUT2D eigenvalue weighted by Gasteiger charge is 2.10. The number of nitrogens with one attached hydrogen (secondary N) is 2. The first-order valence-electron chi connectivity index (χ1n) is 6.21. The molecule has 1 aliphatic heterocycles. The minimum Gasteiger partial charge on any atom is -0.379 e. The number of amides is 1.